The first kappa shape index (κ1) is 13.0. The quantitative estimate of drug-likeness (QED) is 0.622. The molecule has 2 aromatic rings. The standard InChI is InChI=1S/C12H12N2O2S2/c1-16-11(15)6-9-4-2-3-5-10(9)7-17-12-13-8-14-18-12/h2-5,8H,6-7H2,1H3. The highest BCUT2D eigenvalue weighted by atomic mass is 32.2. The van der Waals surface area contributed by atoms with Crippen molar-refractivity contribution in [2.45, 2.75) is 16.5 Å². The van der Waals surface area contributed by atoms with Gasteiger partial charge in [-0.15, -0.1) is 0 Å². The number of aromatic nitrogens is 2. The van der Waals surface area contributed by atoms with Gasteiger partial charge < -0.3 is 4.74 Å². The highest BCUT2D eigenvalue weighted by Crippen LogP contribution is 2.25. The first-order valence-corrected chi connectivity index (χ1v) is 7.08. The van der Waals surface area contributed by atoms with E-state index in [1.807, 2.05) is 24.3 Å². The van der Waals surface area contributed by atoms with Gasteiger partial charge in [-0.05, 0) is 22.7 Å². The second-order valence-corrected chi connectivity index (χ2v) is 5.52. The summed E-state index contributed by atoms with van der Waals surface area (Å²) >= 11 is 3.00. The number of carbonyl (C=O) groups is 1. The second kappa shape index (κ2) is 6.51. The number of benzene rings is 1. The van der Waals surface area contributed by atoms with Crippen LogP contribution in [0.5, 0.6) is 0 Å². The van der Waals surface area contributed by atoms with Crippen LogP contribution in [0.15, 0.2) is 34.9 Å². The maximum absolute atomic E-state index is 11.3. The first-order valence-electron chi connectivity index (χ1n) is 5.32. The van der Waals surface area contributed by atoms with Crippen molar-refractivity contribution < 1.29 is 9.53 Å². The predicted octanol–water partition coefficient (Wildman–Crippen LogP) is 2.55. The molecule has 18 heavy (non-hydrogen) atoms. The van der Waals surface area contributed by atoms with E-state index in [2.05, 4.69) is 9.36 Å². The summed E-state index contributed by atoms with van der Waals surface area (Å²) in [5.41, 5.74) is 2.13. The average Bonchev–Trinajstić information content (AvgIpc) is 2.91. The van der Waals surface area contributed by atoms with Crippen LogP contribution in [0.4, 0.5) is 0 Å². The summed E-state index contributed by atoms with van der Waals surface area (Å²) < 4.78 is 9.58. The van der Waals surface area contributed by atoms with Crippen molar-refractivity contribution in [3.63, 3.8) is 0 Å². The predicted molar refractivity (Wildman–Crippen MR) is 71.6 cm³/mol. The number of methoxy groups -OCH3 is 1. The van der Waals surface area contributed by atoms with E-state index in [-0.39, 0.29) is 5.97 Å². The minimum atomic E-state index is -0.219. The van der Waals surface area contributed by atoms with Gasteiger partial charge in [0.1, 0.15) is 6.33 Å². The minimum absolute atomic E-state index is 0.219. The lowest BCUT2D eigenvalue weighted by molar-refractivity contribution is -0.139. The van der Waals surface area contributed by atoms with Crippen LogP contribution in [0.2, 0.25) is 0 Å². The van der Waals surface area contributed by atoms with Gasteiger partial charge in [-0.25, -0.2) is 4.98 Å². The third-order valence-electron chi connectivity index (χ3n) is 2.37. The van der Waals surface area contributed by atoms with Crippen molar-refractivity contribution in [1.82, 2.24) is 9.36 Å². The highest BCUT2D eigenvalue weighted by molar-refractivity contribution is 8.00. The zero-order valence-electron chi connectivity index (χ0n) is 9.83. The molecule has 1 aromatic carbocycles. The molecule has 4 nitrogen and oxygen atoms in total. The Labute approximate surface area is 114 Å². The summed E-state index contributed by atoms with van der Waals surface area (Å²) in [6.45, 7) is 0. The summed E-state index contributed by atoms with van der Waals surface area (Å²) in [6, 6.07) is 7.87. The number of hydrogen-bond donors (Lipinski definition) is 0. The van der Waals surface area contributed by atoms with E-state index in [9.17, 15) is 4.79 Å². The highest BCUT2D eigenvalue weighted by Gasteiger charge is 2.08. The van der Waals surface area contributed by atoms with Gasteiger partial charge in [0.25, 0.3) is 0 Å². The molecule has 0 unspecified atom stereocenters. The van der Waals surface area contributed by atoms with Crippen LogP contribution in [-0.2, 0) is 21.7 Å². The minimum Gasteiger partial charge on any atom is -0.469 e. The normalized spacial score (nSPS) is 10.3. The third kappa shape index (κ3) is 3.54. The lowest BCUT2D eigenvalue weighted by atomic mass is 10.1. The van der Waals surface area contributed by atoms with Gasteiger partial charge in [-0.2, -0.15) is 4.37 Å². The zero-order valence-corrected chi connectivity index (χ0v) is 11.5. The Bertz CT molecular complexity index is 515. The lowest BCUT2D eigenvalue weighted by Gasteiger charge is -2.07. The average molecular weight is 280 g/mol. The maximum Gasteiger partial charge on any atom is 0.309 e. The van der Waals surface area contributed by atoms with Crippen LogP contribution in [0.3, 0.4) is 0 Å². The summed E-state index contributed by atoms with van der Waals surface area (Å²) in [4.78, 5) is 15.4. The van der Waals surface area contributed by atoms with Crippen molar-refractivity contribution in [1.29, 1.82) is 0 Å². The molecule has 1 aromatic heterocycles. The SMILES string of the molecule is COC(=O)Cc1ccccc1CSc1ncns1. The number of hydrogen-bond acceptors (Lipinski definition) is 6. The fourth-order valence-corrected chi connectivity index (χ4v) is 2.94. The molecular weight excluding hydrogens is 268 g/mol. The number of ether oxygens (including phenoxy) is 1. The Kier molecular flexibility index (Phi) is 4.72. The van der Waals surface area contributed by atoms with E-state index < -0.39 is 0 Å². The van der Waals surface area contributed by atoms with Gasteiger partial charge in [0.15, 0.2) is 4.34 Å². The summed E-state index contributed by atoms with van der Waals surface area (Å²) in [7, 11) is 1.40. The first-order chi connectivity index (χ1) is 8.79. The molecule has 0 aliphatic rings. The van der Waals surface area contributed by atoms with Crippen LogP contribution >= 0.6 is 23.3 Å². The van der Waals surface area contributed by atoms with E-state index in [0.717, 1.165) is 21.2 Å². The molecule has 6 heteroatoms. The number of rotatable bonds is 5. The van der Waals surface area contributed by atoms with Gasteiger partial charge in [0.05, 0.1) is 13.5 Å². The van der Waals surface area contributed by atoms with E-state index in [1.165, 1.54) is 18.6 Å². The van der Waals surface area contributed by atoms with Crippen molar-refractivity contribution in [3.05, 3.63) is 41.7 Å². The van der Waals surface area contributed by atoms with E-state index in [0.29, 0.717) is 6.42 Å². The van der Waals surface area contributed by atoms with Gasteiger partial charge in [-0.3, -0.25) is 4.79 Å². The third-order valence-corrected chi connectivity index (χ3v) is 4.22. The molecule has 0 atom stereocenters. The molecule has 94 valence electrons. The van der Waals surface area contributed by atoms with Gasteiger partial charge in [-0.1, -0.05) is 36.0 Å². The van der Waals surface area contributed by atoms with Gasteiger partial charge >= 0.3 is 5.97 Å². The molecule has 0 aliphatic carbocycles. The molecule has 0 radical (unpaired) electrons. The monoisotopic (exact) mass is 280 g/mol. The number of carbonyl (C=O) groups excluding carboxylic acids is 1. The zero-order chi connectivity index (χ0) is 12.8. The van der Waals surface area contributed by atoms with Crippen molar-refractivity contribution >= 4 is 29.3 Å². The van der Waals surface area contributed by atoms with Crippen LogP contribution in [-0.4, -0.2) is 22.4 Å². The number of thioether (sulfide) groups is 1. The molecule has 0 saturated heterocycles. The molecule has 0 saturated carbocycles. The molecule has 0 N–H and O–H groups in total. The summed E-state index contributed by atoms with van der Waals surface area (Å²) in [6.07, 6.45) is 1.86. The molecule has 2 rings (SSSR count). The van der Waals surface area contributed by atoms with E-state index >= 15 is 0 Å². The van der Waals surface area contributed by atoms with Gasteiger partial charge in [0.2, 0.25) is 0 Å². The van der Waals surface area contributed by atoms with Crippen molar-refractivity contribution in [2.24, 2.45) is 0 Å². The van der Waals surface area contributed by atoms with Crippen molar-refractivity contribution in [2.75, 3.05) is 7.11 Å². The van der Waals surface area contributed by atoms with E-state index in [4.69, 9.17) is 4.74 Å². The molecular formula is C12H12N2O2S2. The molecule has 1 heterocycles. The van der Waals surface area contributed by atoms with Crippen molar-refractivity contribution in [3.8, 4) is 0 Å². The van der Waals surface area contributed by atoms with Gasteiger partial charge in [0, 0.05) is 5.75 Å². The lowest BCUT2D eigenvalue weighted by Crippen LogP contribution is -2.06. The smallest absolute Gasteiger partial charge is 0.309 e. The Balaban J connectivity index is 2.05. The summed E-state index contributed by atoms with van der Waals surface area (Å²) in [5, 5.41) is 0. The Morgan fingerprint density at radius 3 is 2.83 bits per heavy atom. The van der Waals surface area contributed by atoms with Crippen LogP contribution in [0, 0.1) is 0 Å². The van der Waals surface area contributed by atoms with Crippen LogP contribution in [0.25, 0.3) is 0 Å². The fourth-order valence-electron chi connectivity index (χ4n) is 1.46. The van der Waals surface area contributed by atoms with Crippen LogP contribution < -0.4 is 0 Å². The largest absolute Gasteiger partial charge is 0.469 e. The molecule has 0 amide bonds. The maximum atomic E-state index is 11.3. The summed E-state index contributed by atoms with van der Waals surface area (Å²) in [5.74, 6) is 0.561. The number of nitrogens with zero attached hydrogens (tertiary/aromatic N) is 2. The molecule has 0 aliphatic heterocycles. The molecule has 0 fully saturated rings. The van der Waals surface area contributed by atoms with Crippen LogP contribution in [0.1, 0.15) is 11.1 Å². The second-order valence-electron chi connectivity index (χ2n) is 3.52. The number of esters is 1. The topological polar surface area (TPSA) is 52.1 Å². The molecule has 0 bridgehead atoms. The Morgan fingerprint density at radius 1 is 1.39 bits per heavy atom. The fraction of sp³-hybridized carbons (Fsp3) is 0.250. The Hall–Kier alpha value is -1.40. The van der Waals surface area contributed by atoms with E-state index in [1.54, 1.807) is 18.1 Å². The molecule has 0 spiro atoms. The Morgan fingerprint density at radius 2 is 2.17 bits per heavy atom.